The number of thiophene rings is 1. The Kier molecular flexibility index (Phi) is 5.04. The van der Waals surface area contributed by atoms with E-state index in [1.165, 1.54) is 41.1 Å². The topological polar surface area (TPSA) is 36.8 Å². The Balaban J connectivity index is 1.34. The van der Waals surface area contributed by atoms with Crippen LogP contribution in [-0.2, 0) is 4.79 Å². The summed E-state index contributed by atoms with van der Waals surface area (Å²) in [5, 5.41) is 5.21. The lowest BCUT2D eigenvalue weighted by Crippen LogP contribution is -3.11. The van der Waals surface area contributed by atoms with Crippen LogP contribution in [0.25, 0.3) is 0 Å². The van der Waals surface area contributed by atoms with Crippen molar-refractivity contribution in [1.29, 1.82) is 0 Å². The average Bonchev–Trinajstić information content (AvgIpc) is 3.37. The van der Waals surface area contributed by atoms with Crippen molar-refractivity contribution in [3.8, 4) is 0 Å². The molecule has 25 heavy (non-hydrogen) atoms. The highest BCUT2D eigenvalue weighted by Gasteiger charge is 2.32. The number of rotatable bonds is 5. The first-order valence-corrected chi connectivity index (χ1v) is 10.2. The van der Waals surface area contributed by atoms with Crippen molar-refractivity contribution in [2.75, 3.05) is 36.4 Å². The van der Waals surface area contributed by atoms with E-state index in [4.69, 9.17) is 0 Å². The Hall–Kier alpha value is -1.85. The van der Waals surface area contributed by atoms with Gasteiger partial charge in [-0.2, -0.15) is 0 Å². The summed E-state index contributed by atoms with van der Waals surface area (Å²) in [4.78, 5) is 17.7. The third-order valence-corrected chi connectivity index (χ3v) is 6.37. The second kappa shape index (κ2) is 7.58. The van der Waals surface area contributed by atoms with E-state index in [0.29, 0.717) is 12.6 Å². The highest BCUT2D eigenvalue weighted by Crippen LogP contribution is 2.24. The Labute approximate surface area is 153 Å². The van der Waals surface area contributed by atoms with Gasteiger partial charge in [0.25, 0.3) is 5.91 Å². The van der Waals surface area contributed by atoms with Gasteiger partial charge in [0, 0.05) is 37.3 Å². The molecule has 2 saturated heterocycles. The number of likely N-dealkylation sites (tertiary alicyclic amines) is 1. The van der Waals surface area contributed by atoms with E-state index in [0.717, 1.165) is 25.3 Å². The van der Waals surface area contributed by atoms with E-state index < -0.39 is 0 Å². The summed E-state index contributed by atoms with van der Waals surface area (Å²) in [5.74, 6) is 0.118. The van der Waals surface area contributed by atoms with Crippen LogP contribution in [0, 0.1) is 0 Å². The number of nitrogens with one attached hydrogen (secondary N) is 2. The quantitative estimate of drug-likeness (QED) is 0.864. The lowest BCUT2D eigenvalue weighted by molar-refractivity contribution is -0.910. The van der Waals surface area contributed by atoms with Crippen molar-refractivity contribution in [3.63, 3.8) is 0 Å². The molecule has 1 aromatic heterocycles. The molecule has 2 aliphatic heterocycles. The normalized spacial score (nSPS) is 23.1. The largest absolute Gasteiger partial charge is 0.372 e. The standard InChI is InChI=1S/C20H25N3OS/c24-20(15-23-13-3-5-18(23)19-6-4-14-25-19)21-16-7-9-17(10-8-16)22-11-1-2-12-22/h4,6-10,14,18H,1-3,5,11-13,15H2,(H,21,24)/p+1/t18-/m1/s1. The van der Waals surface area contributed by atoms with Gasteiger partial charge in [-0.3, -0.25) is 4.79 Å². The van der Waals surface area contributed by atoms with Gasteiger partial charge in [-0.15, -0.1) is 11.3 Å². The minimum absolute atomic E-state index is 0.118. The van der Waals surface area contributed by atoms with Crippen LogP contribution in [-0.4, -0.2) is 32.1 Å². The van der Waals surface area contributed by atoms with Gasteiger partial charge in [0.1, 0.15) is 6.04 Å². The van der Waals surface area contributed by atoms with Crippen LogP contribution in [0.4, 0.5) is 11.4 Å². The van der Waals surface area contributed by atoms with E-state index in [-0.39, 0.29) is 5.91 Å². The van der Waals surface area contributed by atoms with E-state index >= 15 is 0 Å². The molecule has 5 heteroatoms. The summed E-state index contributed by atoms with van der Waals surface area (Å²) >= 11 is 1.81. The first kappa shape index (κ1) is 16.6. The fourth-order valence-electron chi connectivity index (χ4n) is 4.10. The number of hydrogen-bond acceptors (Lipinski definition) is 3. The molecule has 3 heterocycles. The van der Waals surface area contributed by atoms with Gasteiger partial charge in [-0.1, -0.05) is 6.07 Å². The number of nitrogens with zero attached hydrogens (tertiary/aromatic N) is 1. The SMILES string of the molecule is O=C(C[NH+]1CCC[C@@H]1c1cccs1)Nc1ccc(N2CCCC2)cc1. The number of anilines is 2. The lowest BCUT2D eigenvalue weighted by atomic mass is 10.2. The molecular formula is C20H26N3OS+. The molecule has 0 radical (unpaired) electrons. The van der Waals surface area contributed by atoms with Crippen LogP contribution in [0.2, 0.25) is 0 Å². The zero-order valence-corrected chi connectivity index (χ0v) is 15.4. The average molecular weight is 357 g/mol. The van der Waals surface area contributed by atoms with Crippen LogP contribution < -0.4 is 15.1 Å². The van der Waals surface area contributed by atoms with Crippen molar-refractivity contribution in [2.45, 2.75) is 31.7 Å². The number of hydrogen-bond donors (Lipinski definition) is 2. The van der Waals surface area contributed by atoms with E-state index in [2.05, 4.69) is 39.9 Å². The molecule has 4 rings (SSSR count). The van der Waals surface area contributed by atoms with Crippen molar-refractivity contribution in [2.24, 2.45) is 0 Å². The maximum Gasteiger partial charge on any atom is 0.279 e. The molecule has 1 aromatic carbocycles. The van der Waals surface area contributed by atoms with Gasteiger partial charge in [0.05, 0.1) is 11.4 Å². The third kappa shape index (κ3) is 3.88. The smallest absolute Gasteiger partial charge is 0.279 e. The van der Waals surface area contributed by atoms with Crippen molar-refractivity contribution in [1.82, 2.24) is 0 Å². The van der Waals surface area contributed by atoms with Crippen molar-refractivity contribution < 1.29 is 9.69 Å². The minimum atomic E-state index is 0.118. The van der Waals surface area contributed by atoms with E-state index in [1.807, 2.05) is 23.5 Å². The molecule has 132 valence electrons. The first-order valence-electron chi connectivity index (χ1n) is 9.32. The fraction of sp³-hybridized carbons (Fsp3) is 0.450. The Morgan fingerprint density at radius 2 is 1.96 bits per heavy atom. The van der Waals surface area contributed by atoms with Gasteiger partial charge in [0.15, 0.2) is 6.54 Å². The molecule has 2 N–H and O–H groups in total. The van der Waals surface area contributed by atoms with Crippen LogP contribution in [0.5, 0.6) is 0 Å². The molecule has 0 bridgehead atoms. The summed E-state index contributed by atoms with van der Waals surface area (Å²) in [7, 11) is 0. The summed E-state index contributed by atoms with van der Waals surface area (Å²) in [6, 6.07) is 13.1. The molecule has 1 amide bonds. The minimum Gasteiger partial charge on any atom is -0.372 e. The van der Waals surface area contributed by atoms with Gasteiger partial charge in [-0.25, -0.2) is 0 Å². The molecule has 2 aromatic rings. The summed E-state index contributed by atoms with van der Waals surface area (Å²) in [6.45, 7) is 3.93. The van der Waals surface area contributed by atoms with E-state index in [9.17, 15) is 4.79 Å². The number of carbonyl (C=O) groups is 1. The molecule has 1 unspecified atom stereocenters. The number of carbonyl (C=O) groups excluding carboxylic acids is 1. The van der Waals surface area contributed by atoms with Crippen LogP contribution in [0.3, 0.4) is 0 Å². The second-order valence-corrected chi connectivity index (χ2v) is 8.06. The molecule has 0 aliphatic carbocycles. The monoisotopic (exact) mass is 356 g/mol. The van der Waals surface area contributed by atoms with E-state index in [1.54, 1.807) is 0 Å². The van der Waals surface area contributed by atoms with Gasteiger partial charge in [-0.05, 0) is 48.6 Å². The predicted octanol–water partition coefficient (Wildman–Crippen LogP) is 2.71. The zero-order valence-electron chi connectivity index (χ0n) is 14.5. The molecule has 0 spiro atoms. The third-order valence-electron chi connectivity index (χ3n) is 5.38. The summed E-state index contributed by atoms with van der Waals surface area (Å²) in [5.41, 5.74) is 2.16. The molecule has 2 aliphatic rings. The molecule has 4 nitrogen and oxygen atoms in total. The molecule has 2 fully saturated rings. The molecule has 2 atom stereocenters. The van der Waals surface area contributed by atoms with Crippen LogP contribution >= 0.6 is 11.3 Å². The molecule has 0 saturated carbocycles. The zero-order chi connectivity index (χ0) is 17.1. The van der Waals surface area contributed by atoms with Crippen LogP contribution in [0.1, 0.15) is 36.6 Å². The second-order valence-electron chi connectivity index (χ2n) is 7.08. The maximum atomic E-state index is 12.5. The Morgan fingerprint density at radius 3 is 2.68 bits per heavy atom. The number of amides is 1. The highest BCUT2D eigenvalue weighted by atomic mass is 32.1. The number of benzene rings is 1. The van der Waals surface area contributed by atoms with Crippen LogP contribution in [0.15, 0.2) is 41.8 Å². The highest BCUT2D eigenvalue weighted by molar-refractivity contribution is 7.10. The lowest BCUT2D eigenvalue weighted by Gasteiger charge is -2.20. The number of quaternary nitrogens is 1. The fourth-order valence-corrected chi connectivity index (χ4v) is 5.02. The summed E-state index contributed by atoms with van der Waals surface area (Å²) in [6.07, 6.45) is 4.95. The van der Waals surface area contributed by atoms with Crippen molar-refractivity contribution >= 4 is 28.6 Å². The Morgan fingerprint density at radius 1 is 1.16 bits per heavy atom. The maximum absolute atomic E-state index is 12.5. The van der Waals surface area contributed by atoms with Gasteiger partial charge >= 0.3 is 0 Å². The predicted molar refractivity (Wildman–Crippen MR) is 104 cm³/mol. The van der Waals surface area contributed by atoms with Crippen molar-refractivity contribution in [3.05, 3.63) is 46.7 Å². The van der Waals surface area contributed by atoms with Gasteiger partial charge in [0.2, 0.25) is 0 Å². The van der Waals surface area contributed by atoms with Gasteiger partial charge < -0.3 is 15.1 Å². The first-order chi connectivity index (χ1) is 12.3. The Bertz CT molecular complexity index is 692. The summed E-state index contributed by atoms with van der Waals surface area (Å²) < 4.78 is 0. The molecular weight excluding hydrogens is 330 g/mol.